The van der Waals surface area contributed by atoms with Crippen molar-refractivity contribution in [3.05, 3.63) is 0 Å². The molecule has 2 N–H and O–H groups in total. The fourth-order valence-corrected chi connectivity index (χ4v) is 2.30. The average Bonchev–Trinajstić information content (AvgIpc) is 2.22. The van der Waals surface area contributed by atoms with Crippen molar-refractivity contribution in [2.45, 2.75) is 51.5 Å². The summed E-state index contributed by atoms with van der Waals surface area (Å²) in [6.45, 7) is 2.16. The Balaban J connectivity index is 3.53. The summed E-state index contributed by atoms with van der Waals surface area (Å²) in [7, 11) is -1.61. The first-order chi connectivity index (χ1) is 7.02. The Morgan fingerprint density at radius 2 is 1.93 bits per heavy atom. The van der Waals surface area contributed by atoms with Crippen LogP contribution in [-0.4, -0.2) is 20.2 Å². The zero-order valence-electron chi connectivity index (χ0n) is 9.31. The van der Waals surface area contributed by atoms with Gasteiger partial charge < -0.3 is 5.73 Å². The standard InChI is InChI=1S/C9H22NO3PS/c1-2-3-4-5-6-9(10)7-8-15(11,12)13-14/h9H,2-8,10,14H2,1H3. The Labute approximate surface area is 95.4 Å². The van der Waals surface area contributed by atoms with E-state index in [1.54, 1.807) is 9.47 Å². The van der Waals surface area contributed by atoms with Crippen molar-refractivity contribution < 1.29 is 12.4 Å². The van der Waals surface area contributed by atoms with Gasteiger partial charge in [0.15, 0.2) is 0 Å². The molecule has 0 fully saturated rings. The Hall–Kier alpha value is 0.300. The van der Waals surface area contributed by atoms with Crippen LogP contribution in [0.4, 0.5) is 0 Å². The molecule has 0 aromatic rings. The van der Waals surface area contributed by atoms with Crippen LogP contribution in [0.5, 0.6) is 0 Å². The zero-order valence-corrected chi connectivity index (χ0v) is 11.3. The molecule has 0 aromatic carbocycles. The summed E-state index contributed by atoms with van der Waals surface area (Å²) in [5.74, 6) is 0.00540. The maximum Gasteiger partial charge on any atom is 0.269 e. The first kappa shape index (κ1) is 15.3. The van der Waals surface area contributed by atoms with Gasteiger partial charge >= 0.3 is 0 Å². The van der Waals surface area contributed by atoms with Gasteiger partial charge in [0.25, 0.3) is 10.1 Å². The monoisotopic (exact) mass is 255 g/mol. The molecule has 0 rings (SSSR count). The Kier molecular flexibility index (Phi) is 8.62. The van der Waals surface area contributed by atoms with Crippen LogP contribution in [0.3, 0.4) is 0 Å². The third kappa shape index (κ3) is 9.24. The maximum absolute atomic E-state index is 11.0. The van der Waals surface area contributed by atoms with E-state index in [0.717, 1.165) is 12.8 Å². The predicted molar refractivity (Wildman–Crippen MR) is 65.9 cm³/mol. The molecule has 6 heteroatoms. The minimum absolute atomic E-state index is 0.00540. The van der Waals surface area contributed by atoms with Gasteiger partial charge in [0.2, 0.25) is 0 Å². The second-order valence-corrected chi connectivity index (χ2v) is 6.05. The quantitative estimate of drug-likeness (QED) is 0.504. The smallest absolute Gasteiger partial charge is 0.269 e. The molecule has 0 aliphatic rings. The molecule has 0 spiro atoms. The van der Waals surface area contributed by atoms with E-state index in [2.05, 4.69) is 10.9 Å². The number of hydrogen-bond donors (Lipinski definition) is 1. The van der Waals surface area contributed by atoms with Crippen LogP contribution >= 0.6 is 9.47 Å². The molecule has 0 bridgehead atoms. The highest BCUT2D eigenvalue weighted by Crippen LogP contribution is 2.09. The molecule has 4 nitrogen and oxygen atoms in total. The van der Waals surface area contributed by atoms with Crippen LogP contribution < -0.4 is 5.73 Å². The van der Waals surface area contributed by atoms with Crippen molar-refractivity contribution in [2.75, 3.05) is 5.75 Å². The van der Waals surface area contributed by atoms with E-state index < -0.39 is 10.1 Å². The van der Waals surface area contributed by atoms with Gasteiger partial charge in [0.05, 0.1) is 5.75 Å². The van der Waals surface area contributed by atoms with Crippen LogP contribution in [-0.2, 0) is 14.1 Å². The van der Waals surface area contributed by atoms with Gasteiger partial charge in [-0.1, -0.05) is 32.6 Å². The molecule has 0 saturated carbocycles. The minimum atomic E-state index is -3.37. The van der Waals surface area contributed by atoms with Gasteiger partial charge in [-0.3, -0.25) is 3.97 Å². The summed E-state index contributed by atoms with van der Waals surface area (Å²) in [5.41, 5.74) is 5.79. The summed E-state index contributed by atoms with van der Waals surface area (Å²) >= 11 is 0. The van der Waals surface area contributed by atoms with Gasteiger partial charge in [-0.25, -0.2) is 0 Å². The third-order valence-electron chi connectivity index (χ3n) is 2.31. The molecule has 92 valence electrons. The fourth-order valence-electron chi connectivity index (χ4n) is 1.32. The van der Waals surface area contributed by atoms with Crippen molar-refractivity contribution >= 4 is 19.6 Å². The van der Waals surface area contributed by atoms with E-state index in [-0.39, 0.29) is 11.8 Å². The largest absolute Gasteiger partial charge is 0.328 e. The first-order valence-electron chi connectivity index (χ1n) is 5.38. The molecule has 0 heterocycles. The van der Waals surface area contributed by atoms with E-state index in [4.69, 9.17) is 5.73 Å². The number of rotatable bonds is 9. The topological polar surface area (TPSA) is 69.4 Å². The second-order valence-electron chi connectivity index (χ2n) is 3.76. The second kappa shape index (κ2) is 8.45. The van der Waals surface area contributed by atoms with Crippen molar-refractivity contribution in [2.24, 2.45) is 5.73 Å². The molecule has 0 saturated heterocycles. The van der Waals surface area contributed by atoms with Gasteiger partial charge in [-0.2, -0.15) is 8.42 Å². The van der Waals surface area contributed by atoms with E-state index in [1.165, 1.54) is 19.3 Å². The fraction of sp³-hybridized carbons (Fsp3) is 1.00. The van der Waals surface area contributed by atoms with Gasteiger partial charge in [0, 0.05) is 15.5 Å². The lowest BCUT2D eigenvalue weighted by atomic mass is 10.1. The Morgan fingerprint density at radius 1 is 1.27 bits per heavy atom. The normalized spacial score (nSPS) is 14.1. The molecule has 0 aliphatic carbocycles. The van der Waals surface area contributed by atoms with Crippen LogP contribution in [0, 0.1) is 0 Å². The van der Waals surface area contributed by atoms with Crippen molar-refractivity contribution in [1.29, 1.82) is 0 Å². The summed E-state index contributed by atoms with van der Waals surface area (Å²) in [6, 6.07) is -0.0308. The SMILES string of the molecule is CCCCCCC(N)CCS(=O)(=O)OP. The molecule has 2 atom stereocenters. The maximum atomic E-state index is 11.0. The van der Waals surface area contributed by atoms with Crippen LogP contribution in [0.1, 0.15) is 45.4 Å². The van der Waals surface area contributed by atoms with E-state index >= 15 is 0 Å². The van der Waals surface area contributed by atoms with Crippen molar-refractivity contribution in [3.63, 3.8) is 0 Å². The first-order valence-corrected chi connectivity index (χ1v) is 7.43. The van der Waals surface area contributed by atoms with Crippen LogP contribution in [0.25, 0.3) is 0 Å². The van der Waals surface area contributed by atoms with Gasteiger partial charge in [-0.15, -0.1) is 0 Å². The van der Waals surface area contributed by atoms with Gasteiger partial charge in [-0.05, 0) is 12.8 Å². The summed E-state index contributed by atoms with van der Waals surface area (Å²) in [5, 5.41) is 0. The van der Waals surface area contributed by atoms with Crippen molar-refractivity contribution in [3.8, 4) is 0 Å². The lowest BCUT2D eigenvalue weighted by Crippen LogP contribution is -2.23. The highest BCUT2D eigenvalue weighted by atomic mass is 32.2. The lowest BCUT2D eigenvalue weighted by Gasteiger charge is -2.10. The molecule has 2 unspecified atom stereocenters. The third-order valence-corrected chi connectivity index (χ3v) is 4.22. The average molecular weight is 255 g/mol. The summed E-state index contributed by atoms with van der Waals surface area (Å²) in [6.07, 6.45) is 6.05. The lowest BCUT2D eigenvalue weighted by molar-refractivity contribution is 0.498. The zero-order chi connectivity index (χ0) is 11.7. The Bertz CT molecular complexity index is 244. The summed E-state index contributed by atoms with van der Waals surface area (Å²) < 4.78 is 26.2. The summed E-state index contributed by atoms with van der Waals surface area (Å²) in [4.78, 5) is 0. The van der Waals surface area contributed by atoms with E-state index in [0.29, 0.717) is 6.42 Å². The van der Waals surface area contributed by atoms with Crippen LogP contribution in [0.2, 0.25) is 0 Å². The van der Waals surface area contributed by atoms with Gasteiger partial charge in [0.1, 0.15) is 0 Å². The molecule has 15 heavy (non-hydrogen) atoms. The molecule has 0 radical (unpaired) electrons. The van der Waals surface area contributed by atoms with E-state index in [1.807, 2.05) is 0 Å². The predicted octanol–water partition coefficient (Wildman–Crippen LogP) is 1.81. The Morgan fingerprint density at radius 3 is 2.47 bits per heavy atom. The number of unbranched alkanes of at least 4 members (excludes halogenated alkanes) is 3. The van der Waals surface area contributed by atoms with E-state index in [9.17, 15) is 8.42 Å². The molecule has 0 aromatic heterocycles. The highest BCUT2D eigenvalue weighted by molar-refractivity contribution is 7.88. The molecular weight excluding hydrogens is 233 g/mol. The number of hydrogen-bond acceptors (Lipinski definition) is 4. The van der Waals surface area contributed by atoms with Crippen molar-refractivity contribution in [1.82, 2.24) is 0 Å². The molecule has 0 amide bonds. The van der Waals surface area contributed by atoms with Crippen LogP contribution in [0.15, 0.2) is 0 Å². The minimum Gasteiger partial charge on any atom is -0.328 e. The number of nitrogens with two attached hydrogens (primary N) is 1. The molecular formula is C9H22NO3PS. The highest BCUT2D eigenvalue weighted by Gasteiger charge is 2.11. The molecule has 0 aliphatic heterocycles.